The minimum absolute atomic E-state index is 0.281. The van der Waals surface area contributed by atoms with Crippen molar-refractivity contribution in [3.8, 4) is 0 Å². The molecule has 1 amide bonds. The quantitative estimate of drug-likeness (QED) is 0.784. The van der Waals surface area contributed by atoms with Crippen molar-refractivity contribution < 1.29 is 31.1 Å². The molecule has 0 saturated carbocycles. The lowest BCUT2D eigenvalue weighted by Gasteiger charge is -2.21. The summed E-state index contributed by atoms with van der Waals surface area (Å²) in [6, 6.07) is 0. The predicted molar refractivity (Wildman–Crippen MR) is 43.6 cm³/mol. The van der Waals surface area contributed by atoms with Gasteiger partial charge in [0.1, 0.15) is 0 Å². The van der Waals surface area contributed by atoms with Crippen molar-refractivity contribution >= 4 is 17.5 Å². The van der Waals surface area contributed by atoms with Crippen LogP contribution in [0.4, 0.5) is 26.3 Å². The van der Waals surface area contributed by atoms with Crippen LogP contribution in [0.3, 0.4) is 0 Å². The Balaban J connectivity index is 4.80. The first kappa shape index (κ1) is 15.1. The van der Waals surface area contributed by atoms with Crippen LogP contribution in [0, 0.1) is 5.92 Å². The number of alkyl halides is 6. The molecular weight excluding hydrogens is 264 g/mol. The summed E-state index contributed by atoms with van der Waals surface area (Å²) in [4.78, 5) is 10.7. The topological polar surface area (TPSA) is 29.1 Å². The molecule has 0 atom stereocenters. The molecule has 0 saturated heterocycles. The van der Waals surface area contributed by atoms with Crippen molar-refractivity contribution in [3.63, 3.8) is 0 Å². The average molecular weight is 270 g/mol. The van der Waals surface area contributed by atoms with Crippen molar-refractivity contribution in [2.45, 2.75) is 12.4 Å². The first-order chi connectivity index (χ1) is 6.96. The lowest BCUT2D eigenvalue weighted by molar-refractivity contribution is -0.274. The van der Waals surface area contributed by atoms with Crippen LogP contribution >= 0.6 is 11.6 Å². The van der Waals surface area contributed by atoms with E-state index in [0.717, 1.165) is 0 Å². The molecule has 0 rings (SSSR count). The summed E-state index contributed by atoms with van der Waals surface area (Å²) in [7, 11) is 0. The van der Waals surface area contributed by atoms with Gasteiger partial charge in [-0.05, 0) is 0 Å². The van der Waals surface area contributed by atoms with E-state index in [9.17, 15) is 31.1 Å². The molecule has 0 aromatic rings. The molecule has 2 nitrogen and oxygen atoms in total. The second kappa shape index (κ2) is 4.94. The first-order valence-electron chi connectivity index (χ1n) is 3.70. The zero-order valence-corrected chi connectivity index (χ0v) is 8.30. The molecule has 0 unspecified atom stereocenters. The van der Waals surface area contributed by atoms with E-state index < -0.39 is 30.7 Å². The Labute approximate surface area is 91.2 Å². The van der Waals surface area contributed by atoms with Gasteiger partial charge in [-0.3, -0.25) is 4.79 Å². The third-order valence-corrected chi connectivity index (χ3v) is 1.50. The molecule has 0 fully saturated rings. The highest BCUT2D eigenvalue weighted by atomic mass is 35.5. The van der Waals surface area contributed by atoms with Crippen LogP contribution in [0.15, 0.2) is 11.6 Å². The summed E-state index contributed by atoms with van der Waals surface area (Å²) < 4.78 is 71.7. The van der Waals surface area contributed by atoms with Crippen LogP contribution in [-0.4, -0.2) is 24.8 Å². The summed E-state index contributed by atoms with van der Waals surface area (Å²) in [5.41, 5.74) is 0. The molecular formula is C7H6ClF6NO. The van der Waals surface area contributed by atoms with Gasteiger partial charge in [-0.15, -0.1) is 0 Å². The zero-order chi connectivity index (χ0) is 13.1. The smallest absolute Gasteiger partial charge is 0.350 e. The van der Waals surface area contributed by atoms with Crippen LogP contribution in [0.1, 0.15) is 0 Å². The number of hydrogen-bond donors (Lipinski definition) is 1. The minimum atomic E-state index is -5.70. The van der Waals surface area contributed by atoms with E-state index in [4.69, 9.17) is 11.6 Å². The van der Waals surface area contributed by atoms with Crippen molar-refractivity contribution in [1.29, 1.82) is 0 Å². The number of carbonyl (C=O) groups is 1. The van der Waals surface area contributed by atoms with Crippen LogP contribution in [0.25, 0.3) is 0 Å². The maximum Gasteiger partial charge on any atom is 0.409 e. The third kappa shape index (κ3) is 4.73. The summed E-state index contributed by atoms with van der Waals surface area (Å²) >= 11 is 5.08. The molecule has 0 bridgehead atoms. The Bertz CT molecular complexity index is 270. The number of halogens is 7. The van der Waals surface area contributed by atoms with E-state index in [-0.39, 0.29) is 5.03 Å². The standard InChI is InChI=1S/C7H6ClF6NO/c1-3(8)2-15-5(16)4(6(9,10)11)7(12,13)14/h4H,1-2H2,(H,15,16). The molecule has 0 radical (unpaired) electrons. The van der Waals surface area contributed by atoms with Gasteiger partial charge in [-0.1, -0.05) is 18.2 Å². The summed E-state index contributed by atoms with van der Waals surface area (Å²) in [6.07, 6.45) is -11.4. The molecule has 0 aliphatic heterocycles. The first-order valence-corrected chi connectivity index (χ1v) is 4.08. The van der Waals surface area contributed by atoms with Gasteiger partial charge >= 0.3 is 12.4 Å². The second-order valence-corrected chi connectivity index (χ2v) is 3.29. The molecule has 9 heteroatoms. The van der Waals surface area contributed by atoms with Crippen molar-refractivity contribution in [2.24, 2.45) is 5.92 Å². The molecule has 1 N–H and O–H groups in total. The summed E-state index contributed by atoms with van der Waals surface area (Å²) in [5, 5.41) is 1.10. The Morgan fingerprint density at radius 2 is 1.56 bits per heavy atom. The molecule has 16 heavy (non-hydrogen) atoms. The lowest BCUT2D eigenvalue weighted by atomic mass is 10.1. The number of hydrogen-bond acceptors (Lipinski definition) is 1. The highest BCUT2D eigenvalue weighted by Gasteiger charge is 2.60. The van der Waals surface area contributed by atoms with Crippen LogP contribution in [-0.2, 0) is 4.79 Å². The lowest BCUT2D eigenvalue weighted by Crippen LogP contribution is -2.48. The molecule has 0 aromatic carbocycles. The largest absolute Gasteiger partial charge is 0.409 e. The number of amides is 1. The monoisotopic (exact) mass is 269 g/mol. The molecule has 0 heterocycles. The van der Waals surface area contributed by atoms with E-state index in [1.807, 2.05) is 0 Å². The fraction of sp³-hybridized carbons (Fsp3) is 0.571. The van der Waals surface area contributed by atoms with E-state index in [1.165, 1.54) is 5.32 Å². The maximum absolute atomic E-state index is 12.0. The summed E-state index contributed by atoms with van der Waals surface area (Å²) in [5.74, 6) is -6.27. The minimum Gasteiger partial charge on any atom is -0.350 e. The van der Waals surface area contributed by atoms with Gasteiger partial charge in [0.25, 0.3) is 0 Å². The molecule has 0 aliphatic carbocycles. The van der Waals surface area contributed by atoms with E-state index >= 15 is 0 Å². The van der Waals surface area contributed by atoms with Crippen LogP contribution in [0.5, 0.6) is 0 Å². The average Bonchev–Trinajstić information content (AvgIpc) is 1.94. The third-order valence-electron chi connectivity index (χ3n) is 1.37. The van der Waals surface area contributed by atoms with E-state index in [1.54, 1.807) is 0 Å². The fourth-order valence-electron chi connectivity index (χ4n) is 0.768. The number of carbonyl (C=O) groups excluding carboxylic acids is 1. The Hall–Kier alpha value is -0.920. The molecule has 0 aliphatic rings. The molecule has 0 spiro atoms. The highest BCUT2D eigenvalue weighted by molar-refractivity contribution is 6.29. The Kier molecular flexibility index (Phi) is 4.66. The van der Waals surface area contributed by atoms with E-state index in [2.05, 4.69) is 6.58 Å². The maximum atomic E-state index is 12.0. The van der Waals surface area contributed by atoms with Gasteiger partial charge in [0.05, 0.1) is 6.54 Å². The second-order valence-electron chi connectivity index (χ2n) is 2.75. The van der Waals surface area contributed by atoms with Crippen LogP contribution < -0.4 is 5.32 Å². The van der Waals surface area contributed by atoms with Gasteiger partial charge in [-0.25, -0.2) is 0 Å². The van der Waals surface area contributed by atoms with Gasteiger partial charge in [0, 0.05) is 5.03 Å². The van der Waals surface area contributed by atoms with Gasteiger partial charge < -0.3 is 5.32 Å². The van der Waals surface area contributed by atoms with E-state index in [0.29, 0.717) is 0 Å². The number of nitrogens with one attached hydrogen (secondary N) is 1. The summed E-state index contributed by atoms with van der Waals surface area (Å²) in [6.45, 7) is 2.34. The van der Waals surface area contributed by atoms with Crippen molar-refractivity contribution in [3.05, 3.63) is 11.6 Å². The van der Waals surface area contributed by atoms with Gasteiger partial charge in [-0.2, -0.15) is 26.3 Å². The van der Waals surface area contributed by atoms with Gasteiger partial charge in [0.15, 0.2) is 0 Å². The molecule has 0 aromatic heterocycles. The van der Waals surface area contributed by atoms with Crippen LogP contribution in [0.2, 0.25) is 0 Å². The SMILES string of the molecule is C=C(Cl)CNC(=O)C(C(F)(F)F)C(F)(F)F. The predicted octanol–water partition coefficient (Wildman–Crippen LogP) is 2.60. The highest BCUT2D eigenvalue weighted by Crippen LogP contribution is 2.39. The Morgan fingerprint density at radius 3 is 1.81 bits per heavy atom. The van der Waals surface area contributed by atoms with Crippen molar-refractivity contribution in [2.75, 3.05) is 6.54 Å². The fourth-order valence-corrected chi connectivity index (χ4v) is 0.835. The number of rotatable bonds is 3. The zero-order valence-electron chi connectivity index (χ0n) is 7.55. The van der Waals surface area contributed by atoms with Crippen molar-refractivity contribution in [1.82, 2.24) is 5.32 Å². The molecule has 94 valence electrons. The van der Waals surface area contributed by atoms with Gasteiger partial charge in [0.2, 0.25) is 11.8 Å². The Morgan fingerprint density at radius 1 is 1.19 bits per heavy atom. The normalized spacial score (nSPS) is 12.8.